The largest absolute Gasteiger partial charge is 0.411 e. The molecule has 0 aliphatic carbocycles. The quantitative estimate of drug-likeness (QED) is 0.707. The highest BCUT2D eigenvalue weighted by Crippen LogP contribution is 2.27. The lowest BCUT2D eigenvalue weighted by Crippen LogP contribution is -2.24. The van der Waals surface area contributed by atoms with Gasteiger partial charge in [0.25, 0.3) is 10.8 Å². The maximum absolute atomic E-state index is 12.4. The van der Waals surface area contributed by atoms with E-state index in [1.807, 2.05) is 31.2 Å². The van der Waals surface area contributed by atoms with E-state index < -0.39 is 0 Å². The fourth-order valence-corrected chi connectivity index (χ4v) is 2.98. The first-order valence-electron chi connectivity index (χ1n) is 7.67. The number of nitrogens with zero attached hydrogens (tertiary/aromatic N) is 4. The van der Waals surface area contributed by atoms with Gasteiger partial charge in [-0.25, -0.2) is 4.98 Å². The molecule has 0 bridgehead atoms. The molecule has 0 aliphatic rings. The van der Waals surface area contributed by atoms with Crippen molar-refractivity contribution in [3.8, 4) is 11.5 Å². The van der Waals surface area contributed by atoms with Gasteiger partial charge in [0.1, 0.15) is 0 Å². The molecule has 3 rings (SSSR count). The molecular formula is C17H18N4O2S. The number of rotatable bonds is 5. The van der Waals surface area contributed by atoms with Crippen LogP contribution in [0.3, 0.4) is 0 Å². The number of aromatic nitrogens is 4. The molecule has 6 nitrogen and oxygen atoms in total. The molecule has 124 valence electrons. The first-order valence-corrected chi connectivity index (χ1v) is 8.49. The summed E-state index contributed by atoms with van der Waals surface area (Å²) in [5.74, 6) is 0.813. The summed E-state index contributed by atoms with van der Waals surface area (Å²) in [6, 6.07) is 7.78. The van der Waals surface area contributed by atoms with Crippen molar-refractivity contribution in [2.45, 2.75) is 37.6 Å². The Morgan fingerprint density at radius 3 is 2.79 bits per heavy atom. The second-order valence-electron chi connectivity index (χ2n) is 5.87. The van der Waals surface area contributed by atoms with E-state index in [0.717, 1.165) is 22.9 Å². The van der Waals surface area contributed by atoms with Gasteiger partial charge in [-0.05, 0) is 36.2 Å². The van der Waals surface area contributed by atoms with Crippen LogP contribution in [-0.2, 0) is 6.54 Å². The van der Waals surface area contributed by atoms with E-state index in [-0.39, 0.29) is 5.56 Å². The minimum absolute atomic E-state index is 0.146. The van der Waals surface area contributed by atoms with E-state index in [1.165, 1.54) is 0 Å². The molecule has 0 N–H and O–H groups in total. The third kappa shape index (κ3) is 3.56. The molecule has 0 saturated heterocycles. The fraction of sp³-hybridized carbons (Fsp3) is 0.294. The van der Waals surface area contributed by atoms with Crippen molar-refractivity contribution in [3.63, 3.8) is 0 Å². The molecule has 2 heterocycles. The van der Waals surface area contributed by atoms with E-state index >= 15 is 0 Å². The summed E-state index contributed by atoms with van der Waals surface area (Å²) in [5, 5.41) is 8.73. The second kappa shape index (κ2) is 7.00. The normalized spacial score (nSPS) is 11.2. The number of hydrogen-bond donors (Lipinski definition) is 0. The molecule has 0 atom stereocenters. The molecule has 0 saturated carbocycles. The Balaban J connectivity index is 1.86. The molecule has 0 fully saturated rings. The SMILES string of the molecule is Cc1ccccc1-c1nnc(Sc2nccn(CC(C)C)c2=O)o1. The molecule has 24 heavy (non-hydrogen) atoms. The van der Waals surface area contributed by atoms with Gasteiger partial charge in [0.05, 0.1) is 0 Å². The van der Waals surface area contributed by atoms with Crippen LogP contribution in [0.1, 0.15) is 19.4 Å². The van der Waals surface area contributed by atoms with Gasteiger partial charge < -0.3 is 8.98 Å². The predicted molar refractivity (Wildman–Crippen MR) is 91.9 cm³/mol. The van der Waals surface area contributed by atoms with Crippen molar-refractivity contribution < 1.29 is 4.42 Å². The van der Waals surface area contributed by atoms with E-state index in [1.54, 1.807) is 17.0 Å². The zero-order valence-corrected chi connectivity index (χ0v) is 14.6. The Morgan fingerprint density at radius 1 is 1.25 bits per heavy atom. The molecule has 0 aliphatic heterocycles. The summed E-state index contributed by atoms with van der Waals surface area (Å²) < 4.78 is 7.33. The summed E-state index contributed by atoms with van der Waals surface area (Å²) in [4.78, 5) is 16.6. The van der Waals surface area contributed by atoms with Gasteiger partial charge in [-0.15, -0.1) is 10.2 Å². The molecular weight excluding hydrogens is 324 g/mol. The Labute approximate surface area is 144 Å². The van der Waals surface area contributed by atoms with Gasteiger partial charge in [0, 0.05) is 24.5 Å². The molecule has 0 amide bonds. The molecule has 2 aromatic heterocycles. The lowest BCUT2D eigenvalue weighted by molar-refractivity contribution is 0.464. The van der Waals surface area contributed by atoms with Gasteiger partial charge in [0.15, 0.2) is 5.03 Å². The van der Waals surface area contributed by atoms with Gasteiger partial charge in [0.2, 0.25) is 5.89 Å². The van der Waals surface area contributed by atoms with Crippen LogP contribution in [0.5, 0.6) is 0 Å². The minimum Gasteiger partial charge on any atom is -0.411 e. The minimum atomic E-state index is -0.146. The van der Waals surface area contributed by atoms with Crippen LogP contribution in [0.25, 0.3) is 11.5 Å². The highest BCUT2D eigenvalue weighted by atomic mass is 32.2. The van der Waals surface area contributed by atoms with E-state index in [0.29, 0.717) is 28.6 Å². The average Bonchev–Trinajstić information content (AvgIpc) is 3.00. The second-order valence-corrected chi connectivity index (χ2v) is 6.81. The summed E-state index contributed by atoms with van der Waals surface area (Å²) >= 11 is 1.09. The number of aryl methyl sites for hydroxylation is 1. The maximum Gasteiger partial charge on any atom is 0.283 e. The van der Waals surface area contributed by atoms with E-state index in [2.05, 4.69) is 29.0 Å². The Morgan fingerprint density at radius 2 is 2.04 bits per heavy atom. The Bertz CT molecular complexity index is 901. The third-order valence-electron chi connectivity index (χ3n) is 3.41. The zero-order chi connectivity index (χ0) is 17.1. The predicted octanol–water partition coefficient (Wildman–Crippen LogP) is 3.41. The highest BCUT2D eigenvalue weighted by molar-refractivity contribution is 7.99. The van der Waals surface area contributed by atoms with Crippen LogP contribution >= 0.6 is 11.8 Å². The lowest BCUT2D eigenvalue weighted by atomic mass is 10.1. The number of benzene rings is 1. The van der Waals surface area contributed by atoms with E-state index in [4.69, 9.17) is 4.42 Å². The molecule has 1 aromatic carbocycles. The van der Waals surface area contributed by atoms with Crippen molar-refractivity contribution in [3.05, 3.63) is 52.6 Å². The molecule has 0 radical (unpaired) electrons. The lowest BCUT2D eigenvalue weighted by Gasteiger charge is -2.08. The van der Waals surface area contributed by atoms with Crippen molar-refractivity contribution >= 4 is 11.8 Å². The molecule has 3 aromatic rings. The topological polar surface area (TPSA) is 73.8 Å². The molecule has 0 unspecified atom stereocenters. The van der Waals surface area contributed by atoms with Crippen molar-refractivity contribution in [1.29, 1.82) is 0 Å². The van der Waals surface area contributed by atoms with Crippen LogP contribution in [0, 0.1) is 12.8 Å². The monoisotopic (exact) mass is 342 g/mol. The smallest absolute Gasteiger partial charge is 0.283 e. The standard InChI is InChI=1S/C17H18N4O2S/c1-11(2)10-21-9-8-18-15(16(21)22)24-17-20-19-14(23-17)13-7-5-4-6-12(13)3/h4-9,11H,10H2,1-3H3. The summed E-state index contributed by atoms with van der Waals surface area (Å²) in [6.07, 6.45) is 3.31. The summed E-state index contributed by atoms with van der Waals surface area (Å²) in [5.41, 5.74) is 1.79. The van der Waals surface area contributed by atoms with Crippen LogP contribution in [0.4, 0.5) is 0 Å². The maximum atomic E-state index is 12.4. The van der Waals surface area contributed by atoms with Gasteiger partial charge in [-0.3, -0.25) is 4.79 Å². The van der Waals surface area contributed by atoms with Crippen molar-refractivity contribution in [2.75, 3.05) is 0 Å². The highest BCUT2D eigenvalue weighted by Gasteiger charge is 2.15. The van der Waals surface area contributed by atoms with Crippen LogP contribution in [0.2, 0.25) is 0 Å². The summed E-state index contributed by atoms with van der Waals surface area (Å²) in [6.45, 7) is 6.75. The van der Waals surface area contributed by atoms with Crippen LogP contribution in [-0.4, -0.2) is 19.7 Å². The van der Waals surface area contributed by atoms with Gasteiger partial charge >= 0.3 is 0 Å². The Hall–Kier alpha value is -2.41. The zero-order valence-electron chi connectivity index (χ0n) is 13.8. The van der Waals surface area contributed by atoms with Crippen molar-refractivity contribution in [2.24, 2.45) is 5.92 Å². The first-order chi connectivity index (χ1) is 11.5. The van der Waals surface area contributed by atoms with Crippen LogP contribution < -0.4 is 5.56 Å². The molecule has 0 spiro atoms. The van der Waals surface area contributed by atoms with E-state index in [9.17, 15) is 4.79 Å². The Kier molecular flexibility index (Phi) is 4.80. The van der Waals surface area contributed by atoms with Gasteiger partial charge in [-0.1, -0.05) is 32.0 Å². The number of hydrogen-bond acceptors (Lipinski definition) is 6. The summed E-state index contributed by atoms with van der Waals surface area (Å²) in [7, 11) is 0. The average molecular weight is 342 g/mol. The first kappa shape index (κ1) is 16.4. The fourth-order valence-electron chi connectivity index (χ4n) is 2.29. The van der Waals surface area contributed by atoms with Crippen LogP contribution in [0.15, 0.2) is 56.1 Å². The third-order valence-corrected chi connectivity index (χ3v) is 4.22. The van der Waals surface area contributed by atoms with Crippen molar-refractivity contribution in [1.82, 2.24) is 19.7 Å². The molecule has 7 heteroatoms. The van der Waals surface area contributed by atoms with Gasteiger partial charge in [-0.2, -0.15) is 0 Å².